The lowest BCUT2D eigenvalue weighted by atomic mass is 9.82. The summed E-state index contributed by atoms with van der Waals surface area (Å²) < 4.78 is 42.6. The number of fused-ring (bicyclic) bond motifs is 1. The van der Waals surface area contributed by atoms with Crippen molar-refractivity contribution in [2.24, 2.45) is 11.1 Å². The molecule has 41 heavy (non-hydrogen) atoms. The molecule has 1 aromatic carbocycles. The number of halogens is 4. The van der Waals surface area contributed by atoms with E-state index in [0.29, 0.717) is 37.9 Å². The van der Waals surface area contributed by atoms with Crippen molar-refractivity contribution in [1.82, 2.24) is 19.8 Å². The highest BCUT2D eigenvalue weighted by Gasteiger charge is 2.42. The molecule has 0 spiro atoms. The Labute approximate surface area is 245 Å². The van der Waals surface area contributed by atoms with Gasteiger partial charge in [-0.1, -0.05) is 33.2 Å². The standard InChI is InChI=1S/C30H33BrF3N5O2/c1-3-41-37-25(20-6-8-23(31)9-7-20)21-10-15-39(16-11-21)29(2)12-17-38(18-13-29)28(40)24-19-22-5-4-14-35-27(22)36-26(24)30(32,33)34/h4-9,14,19,21H,3,10-13,15-18H2,1-2H3. The van der Waals surface area contributed by atoms with Crippen molar-refractivity contribution in [3.8, 4) is 0 Å². The van der Waals surface area contributed by atoms with Crippen molar-refractivity contribution in [2.75, 3.05) is 32.8 Å². The minimum Gasteiger partial charge on any atom is -0.396 e. The van der Waals surface area contributed by atoms with E-state index in [2.05, 4.69) is 42.9 Å². The first kappa shape index (κ1) is 29.4. The third-order valence-electron chi connectivity index (χ3n) is 8.29. The van der Waals surface area contributed by atoms with Gasteiger partial charge in [-0.2, -0.15) is 13.2 Å². The van der Waals surface area contributed by atoms with Crippen LogP contribution in [0.5, 0.6) is 0 Å². The summed E-state index contributed by atoms with van der Waals surface area (Å²) in [7, 11) is 0. The van der Waals surface area contributed by atoms with Crippen LogP contribution in [-0.4, -0.2) is 69.7 Å². The van der Waals surface area contributed by atoms with Gasteiger partial charge < -0.3 is 9.74 Å². The van der Waals surface area contributed by atoms with E-state index in [4.69, 9.17) is 4.84 Å². The van der Waals surface area contributed by atoms with Crippen LogP contribution in [-0.2, 0) is 11.0 Å². The number of hydrogen-bond acceptors (Lipinski definition) is 6. The summed E-state index contributed by atoms with van der Waals surface area (Å²) >= 11 is 3.49. The Hall–Kier alpha value is -3.05. The van der Waals surface area contributed by atoms with Crippen LogP contribution in [0, 0.1) is 5.92 Å². The number of aromatic nitrogens is 2. The molecule has 4 heterocycles. The molecule has 2 aliphatic rings. The Kier molecular flexibility index (Phi) is 8.65. The largest absolute Gasteiger partial charge is 0.434 e. The average Bonchev–Trinajstić information content (AvgIpc) is 2.97. The van der Waals surface area contributed by atoms with Gasteiger partial charge in [-0.05, 0) is 88.5 Å². The molecule has 1 amide bonds. The molecule has 11 heteroatoms. The SMILES string of the molecule is CCON=C(c1ccc(Br)cc1)C1CCN(C2(C)CCN(C(=O)c3cc4cccnc4nc3C(F)(F)F)CC2)CC1. The van der Waals surface area contributed by atoms with Crippen LogP contribution >= 0.6 is 15.9 Å². The zero-order valence-electron chi connectivity index (χ0n) is 23.1. The maximum atomic E-state index is 13.9. The number of hydrogen-bond donors (Lipinski definition) is 0. The summed E-state index contributed by atoms with van der Waals surface area (Å²) in [5.41, 5.74) is 0.241. The monoisotopic (exact) mass is 631 g/mol. The molecule has 0 unspecified atom stereocenters. The third-order valence-corrected chi connectivity index (χ3v) is 8.82. The first-order valence-corrected chi connectivity index (χ1v) is 14.7. The molecule has 218 valence electrons. The molecule has 0 N–H and O–H groups in total. The van der Waals surface area contributed by atoms with Crippen molar-refractivity contribution >= 4 is 38.6 Å². The summed E-state index contributed by atoms with van der Waals surface area (Å²) in [6.45, 7) is 7.13. The molecule has 2 aliphatic heterocycles. The first-order valence-electron chi connectivity index (χ1n) is 13.9. The van der Waals surface area contributed by atoms with Crippen LogP contribution in [0.25, 0.3) is 11.0 Å². The Balaban J connectivity index is 1.25. The lowest BCUT2D eigenvalue weighted by Crippen LogP contribution is -2.56. The summed E-state index contributed by atoms with van der Waals surface area (Å²) in [4.78, 5) is 30.5. The number of nitrogens with zero attached hydrogens (tertiary/aromatic N) is 5. The number of likely N-dealkylation sites (tertiary alicyclic amines) is 2. The van der Waals surface area contributed by atoms with Crippen LogP contribution in [0.1, 0.15) is 61.1 Å². The smallest absolute Gasteiger partial charge is 0.396 e. The van der Waals surface area contributed by atoms with E-state index in [9.17, 15) is 18.0 Å². The van der Waals surface area contributed by atoms with E-state index in [-0.39, 0.29) is 17.1 Å². The van der Waals surface area contributed by atoms with Crippen molar-refractivity contribution in [3.63, 3.8) is 0 Å². The molecular formula is C30H33BrF3N5O2. The van der Waals surface area contributed by atoms with Gasteiger partial charge in [0, 0.05) is 40.6 Å². The van der Waals surface area contributed by atoms with E-state index in [1.807, 2.05) is 31.2 Å². The molecule has 0 radical (unpaired) electrons. The van der Waals surface area contributed by atoms with Gasteiger partial charge in [-0.3, -0.25) is 9.69 Å². The van der Waals surface area contributed by atoms with Gasteiger partial charge in [-0.25, -0.2) is 9.97 Å². The van der Waals surface area contributed by atoms with Gasteiger partial charge in [0.05, 0.1) is 11.3 Å². The number of amides is 1. The second-order valence-corrected chi connectivity index (χ2v) is 11.8. The van der Waals surface area contributed by atoms with Gasteiger partial charge in [-0.15, -0.1) is 0 Å². The predicted octanol–water partition coefficient (Wildman–Crippen LogP) is 6.56. The fourth-order valence-electron chi connectivity index (χ4n) is 5.87. The normalized spacial score (nSPS) is 19.0. The maximum Gasteiger partial charge on any atom is 0.434 e. The lowest BCUT2D eigenvalue weighted by Gasteiger charge is -2.49. The first-order chi connectivity index (χ1) is 19.6. The molecule has 2 fully saturated rings. The van der Waals surface area contributed by atoms with E-state index in [1.54, 1.807) is 12.1 Å². The zero-order chi connectivity index (χ0) is 29.2. The Bertz CT molecular complexity index is 1410. The minimum absolute atomic E-state index is 0.0272. The van der Waals surface area contributed by atoms with Crippen LogP contribution in [0.3, 0.4) is 0 Å². The third kappa shape index (κ3) is 6.40. The fourth-order valence-corrected chi connectivity index (χ4v) is 6.14. The molecule has 0 saturated carbocycles. The summed E-state index contributed by atoms with van der Waals surface area (Å²) in [6.07, 6.45) is -0.164. The summed E-state index contributed by atoms with van der Waals surface area (Å²) in [6, 6.07) is 12.6. The van der Waals surface area contributed by atoms with Crippen molar-refractivity contribution in [3.05, 3.63) is 70.0 Å². The van der Waals surface area contributed by atoms with E-state index < -0.39 is 23.3 Å². The Morgan fingerprint density at radius 1 is 1.12 bits per heavy atom. The Morgan fingerprint density at radius 3 is 2.44 bits per heavy atom. The van der Waals surface area contributed by atoms with E-state index >= 15 is 0 Å². The van der Waals surface area contributed by atoms with Gasteiger partial charge >= 0.3 is 6.18 Å². The van der Waals surface area contributed by atoms with E-state index in [0.717, 1.165) is 41.7 Å². The second-order valence-electron chi connectivity index (χ2n) is 10.9. The molecule has 0 bridgehead atoms. The number of alkyl halides is 3. The number of rotatable bonds is 6. The highest BCUT2D eigenvalue weighted by molar-refractivity contribution is 9.10. The number of carbonyl (C=O) groups is 1. The van der Waals surface area contributed by atoms with Crippen molar-refractivity contribution < 1.29 is 22.8 Å². The van der Waals surface area contributed by atoms with Crippen LogP contribution in [0.2, 0.25) is 0 Å². The number of piperidine rings is 2. The van der Waals surface area contributed by atoms with Crippen LogP contribution in [0.4, 0.5) is 13.2 Å². The molecule has 7 nitrogen and oxygen atoms in total. The number of benzene rings is 1. The van der Waals surface area contributed by atoms with Crippen LogP contribution in [0.15, 0.2) is 58.3 Å². The molecule has 5 rings (SSSR count). The Morgan fingerprint density at radius 2 is 1.80 bits per heavy atom. The topological polar surface area (TPSA) is 70.9 Å². The van der Waals surface area contributed by atoms with Crippen molar-refractivity contribution in [2.45, 2.75) is 51.2 Å². The van der Waals surface area contributed by atoms with Gasteiger partial charge in [0.25, 0.3) is 5.91 Å². The predicted molar refractivity (Wildman–Crippen MR) is 155 cm³/mol. The molecule has 0 aliphatic carbocycles. The van der Waals surface area contributed by atoms with Gasteiger partial charge in [0.1, 0.15) is 6.61 Å². The fraction of sp³-hybridized carbons (Fsp3) is 0.467. The number of carbonyl (C=O) groups excluding carboxylic acids is 1. The van der Waals surface area contributed by atoms with Gasteiger partial charge in [0.2, 0.25) is 0 Å². The number of pyridine rings is 2. The molecule has 2 saturated heterocycles. The minimum atomic E-state index is -4.76. The summed E-state index contributed by atoms with van der Waals surface area (Å²) in [5, 5.41) is 4.88. The van der Waals surface area contributed by atoms with Crippen LogP contribution < -0.4 is 0 Å². The highest BCUT2D eigenvalue weighted by atomic mass is 79.9. The molecular weight excluding hydrogens is 599 g/mol. The molecule has 0 atom stereocenters. The lowest BCUT2D eigenvalue weighted by molar-refractivity contribution is -0.141. The zero-order valence-corrected chi connectivity index (χ0v) is 24.7. The maximum absolute atomic E-state index is 13.9. The van der Waals surface area contributed by atoms with Gasteiger partial charge in [0.15, 0.2) is 11.3 Å². The average molecular weight is 633 g/mol. The quantitative estimate of drug-likeness (QED) is 0.228. The highest BCUT2D eigenvalue weighted by Crippen LogP contribution is 2.36. The number of oxime groups is 1. The molecule has 2 aromatic heterocycles. The van der Waals surface area contributed by atoms with Crippen molar-refractivity contribution in [1.29, 1.82) is 0 Å². The van der Waals surface area contributed by atoms with E-state index in [1.165, 1.54) is 17.2 Å². The molecule has 3 aromatic rings. The summed E-state index contributed by atoms with van der Waals surface area (Å²) in [5.74, 6) is -0.373. The second kappa shape index (κ2) is 12.1.